The second-order valence-electron chi connectivity index (χ2n) is 8.59. The van der Waals surface area contributed by atoms with Gasteiger partial charge in [0.1, 0.15) is 0 Å². The molecule has 1 spiro atoms. The first-order chi connectivity index (χ1) is 11.8. The Labute approximate surface area is 151 Å². The van der Waals surface area contributed by atoms with Crippen molar-refractivity contribution in [1.29, 1.82) is 0 Å². The van der Waals surface area contributed by atoms with E-state index in [-0.39, 0.29) is 0 Å². The highest BCUT2D eigenvalue weighted by molar-refractivity contribution is 4.92. The molecule has 0 N–H and O–H groups in total. The Morgan fingerprint density at radius 3 is 1.67 bits per heavy atom. The van der Waals surface area contributed by atoms with Crippen LogP contribution in [0.2, 0.25) is 0 Å². The zero-order valence-electron chi connectivity index (χ0n) is 16.7. The first kappa shape index (κ1) is 20.2. The van der Waals surface area contributed by atoms with Crippen LogP contribution in [0.1, 0.15) is 104 Å². The van der Waals surface area contributed by atoms with Crippen molar-refractivity contribution in [3.05, 3.63) is 0 Å². The zero-order valence-corrected chi connectivity index (χ0v) is 16.7. The Morgan fingerprint density at radius 2 is 1.25 bits per heavy atom. The van der Waals surface area contributed by atoms with Crippen LogP contribution >= 0.6 is 0 Å². The Bertz CT molecular complexity index is 289. The van der Waals surface area contributed by atoms with Crippen LogP contribution in [0.5, 0.6) is 0 Å². The average Bonchev–Trinajstić information content (AvgIpc) is 2.58. The third-order valence-corrected chi connectivity index (χ3v) is 6.47. The van der Waals surface area contributed by atoms with E-state index in [0.29, 0.717) is 5.41 Å². The summed E-state index contributed by atoms with van der Waals surface area (Å²) in [6.45, 7) is 9.37. The van der Waals surface area contributed by atoms with Gasteiger partial charge < -0.3 is 9.64 Å². The lowest BCUT2D eigenvalue weighted by Crippen LogP contribution is -2.53. The molecule has 0 aromatic heterocycles. The highest BCUT2D eigenvalue weighted by Crippen LogP contribution is 2.39. The summed E-state index contributed by atoms with van der Waals surface area (Å²) < 4.78 is 5.50. The van der Waals surface area contributed by atoms with E-state index in [1.807, 2.05) is 0 Å². The fourth-order valence-electron chi connectivity index (χ4n) is 4.52. The summed E-state index contributed by atoms with van der Waals surface area (Å²) in [4.78, 5) is 2.85. The average molecular weight is 338 g/mol. The van der Waals surface area contributed by atoms with Crippen LogP contribution in [0.3, 0.4) is 0 Å². The van der Waals surface area contributed by atoms with Crippen molar-refractivity contribution in [3.8, 4) is 0 Å². The van der Waals surface area contributed by atoms with Gasteiger partial charge in [0.05, 0.1) is 13.2 Å². The molecule has 24 heavy (non-hydrogen) atoms. The van der Waals surface area contributed by atoms with Crippen LogP contribution in [-0.4, -0.2) is 37.2 Å². The van der Waals surface area contributed by atoms with Gasteiger partial charge in [-0.3, -0.25) is 0 Å². The molecule has 2 rings (SSSR count). The first-order valence-corrected chi connectivity index (χ1v) is 11.1. The maximum atomic E-state index is 5.50. The van der Waals surface area contributed by atoms with Crippen LogP contribution in [0.4, 0.5) is 0 Å². The lowest BCUT2D eigenvalue weighted by molar-refractivity contribution is -0.143. The Kier molecular flexibility index (Phi) is 9.71. The lowest BCUT2D eigenvalue weighted by atomic mass is 9.76. The molecule has 0 aromatic rings. The molecule has 2 heteroatoms. The molecule has 2 saturated heterocycles. The molecular formula is C22H43NO. The van der Waals surface area contributed by atoms with Crippen molar-refractivity contribution in [2.75, 3.05) is 26.3 Å². The fraction of sp³-hybridized carbons (Fsp3) is 1.00. The maximum absolute atomic E-state index is 5.50. The summed E-state index contributed by atoms with van der Waals surface area (Å²) in [7, 11) is 0. The lowest BCUT2D eigenvalue weighted by Gasteiger charge is -2.49. The van der Waals surface area contributed by atoms with Gasteiger partial charge in [0.15, 0.2) is 0 Å². The van der Waals surface area contributed by atoms with Crippen molar-refractivity contribution in [1.82, 2.24) is 4.90 Å². The van der Waals surface area contributed by atoms with Gasteiger partial charge in [0.2, 0.25) is 0 Å². The van der Waals surface area contributed by atoms with Gasteiger partial charge in [0.25, 0.3) is 0 Å². The van der Waals surface area contributed by atoms with Crippen molar-refractivity contribution in [2.45, 2.75) is 110 Å². The van der Waals surface area contributed by atoms with Crippen LogP contribution < -0.4 is 0 Å². The van der Waals surface area contributed by atoms with Gasteiger partial charge in [-0.1, -0.05) is 78.1 Å². The third-order valence-electron chi connectivity index (χ3n) is 6.47. The van der Waals surface area contributed by atoms with Crippen molar-refractivity contribution >= 4 is 0 Å². The summed E-state index contributed by atoms with van der Waals surface area (Å²) in [5.74, 6) is 0. The summed E-state index contributed by atoms with van der Waals surface area (Å²) in [6, 6.07) is 0.867. The number of unbranched alkanes of at least 4 members (excludes halogenated alkanes) is 8. The zero-order chi connectivity index (χ0) is 17.1. The summed E-state index contributed by atoms with van der Waals surface area (Å²) in [5, 5.41) is 0. The van der Waals surface area contributed by atoms with Gasteiger partial charge in [-0.2, -0.15) is 0 Å². The second kappa shape index (κ2) is 11.5. The molecule has 2 aliphatic heterocycles. The standard InChI is InChI=1S/C22H43NO/c1-3-5-7-9-11-13-21(14-12-10-8-6-4-2)23-17-15-22(16-18-23)19-24-20-22/h21H,3-20H2,1-2H3. The molecule has 2 aliphatic rings. The van der Waals surface area contributed by atoms with Gasteiger partial charge >= 0.3 is 0 Å². The van der Waals surface area contributed by atoms with Gasteiger partial charge in [-0.15, -0.1) is 0 Å². The molecule has 2 fully saturated rings. The molecule has 2 nitrogen and oxygen atoms in total. The minimum atomic E-state index is 0.587. The highest BCUT2D eigenvalue weighted by Gasteiger charge is 2.41. The summed E-state index contributed by atoms with van der Waals surface area (Å²) in [5.41, 5.74) is 0.587. The van der Waals surface area contributed by atoms with E-state index in [2.05, 4.69) is 18.7 Å². The van der Waals surface area contributed by atoms with Gasteiger partial charge in [-0.05, 0) is 38.8 Å². The highest BCUT2D eigenvalue weighted by atomic mass is 16.5. The van der Waals surface area contributed by atoms with Crippen molar-refractivity contribution in [2.24, 2.45) is 5.41 Å². The number of piperidine rings is 1. The van der Waals surface area contributed by atoms with Crippen molar-refractivity contribution in [3.63, 3.8) is 0 Å². The summed E-state index contributed by atoms with van der Waals surface area (Å²) >= 11 is 0. The minimum absolute atomic E-state index is 0.587. The van der Waals surface area contributed by atoms with Crippen LogP contribution in [0.25, 0.3) is 0 Å². The fourth-order valence-corrected chi connectivity index (χ4v) is 4.52. The monoisotopic (exact) mass is 337 g/mol. The Hall–Kier alpha value is -0.0800. The molecule has 0 bridgehead atoms. The molecule has 0 unspecified atom stereocenters. The van der Waals surface area contributed by atoms with E-state index in [9.17, 15) is 0 Å². The SMILES string of the molecule is CCCCCCCC(CCCCCCC)N1CCC2(CC1)COC2. The maximum Gasteiger partial charge on any atom is 0.0545 e. The predicted molar refractivity (Wildman–Crippen MR) is 105 cm³/mol. The number of hydrogen-bond acceptors (Lipinski definition) is 2. The predicted octanol–water partition coefficient (Wildman–Crippen LogP) is 6.19. The van der Waals surface area contributed by atoms with E-state index in [4.69, 9.17) is 4.74 Å². The van der Waals surface area contributed by atoms with E-state index in [0.717, 1.165) is 19.3 Å². The van der Waals surface area contributed by atoms with Crippen LogP contribution in [0.15, 0.2) is 0 Å². The molecule has 0 radical (unpaired) electrons. The largest absolute Gasteiger partial charge is 0.380 e. The van der Waals surface area contributed by atoms with E-state index in [1.54, 1.807) is 0 Å². The van der Waals surface area contributed by atoms with Gasteiger partial charge in [0, 0.05) is 11.5 Å². The van der Waals surface area contributed by atoms with E-state index < -0.39 is 0 Å². The smallest absolute Gasteiger partial charge is 0.0545 e. The Balaban J connectivity index is 1.69. The molecular weight excluding hydrogens is 294 g/mol. The molecule has 0 aromatic carbocycles. The molecule has 0 atom stereocenters. The third kappa shape index (κ3) is 6.67. The number of hydrogen-bond donors (Lipinski definition) is 0. The molecule has 0 amide bonds. The quantitative estimate of drug-likeness (QED) is 0.372. The van der Waals surface area contributed by atoms with E-state index >= 15 is 0 Å². The number of nitrogens with zero attached hydrogens (tertiary/aromatic N) is 1. The van der Waals surface area contributed by atoms with E-state index in [1.165, 1.54) is 103 Å². The number of ether oxygens (including phenoxy) is 1. The van der Waals surface area contributed by atoms with Crippen LogP contribution in [0, 0.1) is 5.41 Å². The Morgan fingerprint density at radius 1 is 0.750 bits per heavy atom. The molecule has 0 aliphatic carbocycles. The number of rotatable bonds is 13. The minimum Gasteiger partial charge on any atom is -0.380 e. The number of likely N-dealkylation sites (tertiary alicyclic amines) is 1. The van der Waals surface area contributed by atoms with Crippen molar-refractivity contribution < 1.29 is 4.74 Å². The van der Waals surface area contributed by atoms with Gasteiger partial charge in [-0.25, -0.2) is 0 Å². The topological polar surface area (TPSA) is 12.5 Å². The normalized spacial score (nSPS) is 20.6. The first-order valence-electron chi connectivity index (χ1n) is 11.1. The van der Waals surface area contributed by atoms with Crippen LogP contribution in [-0.2, 0) is 4.74 Å². The molecule has 2 heterocycles. The molecule has 142 valence electrons. The molecule has 0 saturated carbocycles. The summed E-state index contributed by atoms with van der Waals surface area (Å²) in [6.07, 6.45) is 19.9. The second-order valence-corrected chi connectivity index (χ2v) is 8.59.